The van der Waals surface area contributed by atoms with Gasteiger partial charge in [0.25, 0.3) is 0 Å². The van der Waals surface area contributed by atoms with E-state index >= 15 is 0 Å². The molecule has 0 aliphatic heterocycles. The van der Waals surface area contributed by atoms with Crippen LogP contribution in [0, 0.1) is 0 Å². The van der Waals surface area contributed by atoms with E-state index in [2.05, 4.69) is 23.1 Å². The normalized spacial score (nSPS) is 15.7. The Hall–Kier alpha value is -0.720. The first-order chi connectivity index (χ1) is 7.16. The number of nitrogens with one attached hydrogen (secondary N) is 1. The summed E-state index contributed by atoms with van der Waals surface area (Å²) in [4.78, 5) is 11.1. The third kappa shape index (κ3) is 8.58. The van der Waals surface area contributed by atoms with E-state index in [4.69, 9.17) is 4.55 Å². The molecule has 1 amide bonds. The molecule has 0 aliphatic carbocycles. The standard InChI is InChI=1S/C10H17NO3S2/c1-4-9(12)11-10(2,3)7-5-6-8-16(13,14)15/h4,6,8H,1,5,7H2,2-3H3,(H,11,12)(H,13,14,15)/b8-6+. The zero-order valence-electron chi connectivity index (χ0n) is 9.43. The van der Waals surface area contributed by atoms with Crippen molar-refractivity contribution in [2.75, 3.05) is 0 Å². The topological polar surface area (TPSA) is 66.4 Å². The van der Waals surface area contributed by atoms with Gasteiger partial charge in [-0.3, -0.25) is 4.79 Å². The predicted molar refractivity (Wildman–Crippen MR) is 68.9 cm³/mol. The fourth-order valence-electron chi connectivity index (χ4n) is 1.08. The first-order valence-electron chi connectivity index (χ1n) is 4.75. The number of allylic oxidation sites excluding steroid dienone is 1. The molecule has 0 saturated heterocycles. The van der Waals surface area contributed by atoms with Crippen LogP contribution in [-0.4, -0.2) is 20.2 Å². The van der Waals surface area contributed by atoms with Crippen LogP contribution in [0.15, 0.2) is 24.1 Å². The van der Waals surface area contributed by atoms with Gasteiger partial charge in [0.15, 0.2) is 8.77 Å². The highest BCUT2D eigenvalue weighted by Gasteiger charge is 2.17. The quantitative estimate of drug-likeness (QED) is 0.714. The Morgan fingerprint density at radius 1 is 1.62 bits per heavy atom. The smallest absolute Gasteiger partial charge is 0.243 e. The molecule has 92 valence electrons. The van der Waals surface area contributed by atoms with Gasteiger partial charge in [0.2, 0.25) is 5.91 Å². The number of carbonyl (C=O) groups excluding carboxylic acids is 1. The maximum atomic E-state index is 11.1. The highest BCUT2D eigenvalue weighted by Crippen LogP contribution is 2.11. The van der Waals surface area contributed by atoms with E-state index in [9.17, 15) is 9.00 Å². The lowest BCUT2D eigenvalue weighted by Gasteiger charge is -2.24. The van der Waals surface area contributed by atoms with Crippen LogP contribution in [0.25, 0.3) is 0 Å². The molecule has 0 saturated carbocycles. The van der Waals surface area contributed by atoms with Gasteiger partial charge in [-0.25, -0.2) is 4.21 Å². The zero-order valence-corrected chi connectivity index (χ0v) is 11.1. The number of carbonyl (C=O) groups is 1. The molecule has 0 bridgehead atoms. The first kappa shape index (κ1) is 15.3. The molecule has 1 atom stereocenters. The van der Waals surface area contributed by atoms with Crippen molar-refractivity contribution >= 4 is 25.9 Å². The van der Waals surface area contributed by atoms with Crippen molar-refractivity contribution in [3.05, 3.63) is 24.1 Å². The summed E-state index contributed by atoms with van der Waals surface area (Å²) >= 11 is 4.29. The Morgan fingerprint density at radius 3 is 2.62 bits per heavy atom. The Labute approximate surface area is 101 Å². The Morgan fingerprint density at radius 2 is 2.19 bits per heavy atom. The molecule has 4 nitrogen and oxygen atoms in total. The molecule has 16 heavy (non-hydrogen) atoms. The third-order valence-electron chi connectivity index (χ3n) is 1.85. The third-order valence-corrected chi connectivity index (χ3v) is 2.72. The molecule has 0 heterocycles. The van der Waals surface area contributed by atoms with Crippen molar-refractivity contribution in [2.24, 2.45) is 0 Å². The van der Waals surface area contributed by atoms with Crippen LogP contribution in [0.3, 0.4) is 0 Å². The fraction of sp³-hybridized carbons (Fsp3) is 0.500. The maximum Gasteiger partial charge on any atom is 0.243 e. The molecule has 0 radical (unpaired) electrons. The molecular formula is C10H17NO3S2. The average molecular weight is 263 g/mol. The van der Waals surface area contributed by atoms with E-state index in [-0.39, 0.29) is 11.4 Å². The van der Waals surface area contributed by atoms with Crippen LogP contribution in [0.5, 0.6) is 0 Å². The summed E-state index contributed by atoms with van der Waals surface area (Å²) in [5.74, 6) is -0.233. The number of hydrogen-bond donors (Lipinski definition) is 2. The van der Waals surface area contributed by atoms with Crippen molar-refractivity contribution in [3.63, 3.8) is 0 Å². The van der Waals surface area contributed by atoms with Crippen molar-refractivity contribution in [3.8, 4) is 0 Å². The Bertz CT molecular complexity index is 383. The van der Waals surface area contributed by atoms with Crippen LogP contribution < -0.4 is 5.32 Å². The van der Waals surface area contributed by atoms with Crippen LogP contribution in [0.2, 0.25) is 0 Å². The summed E-state index contributed by atoms with van der Waals surface area (Å²) in [5.41, 5.74) is -0.382. The second-order valence-electron chi connectivity index (χ2n) is 4.00. The minimum absolute atomic E-state index is 0.233. The SMILES string of the molecule is C=CC(=O)NC(C)(C)CC/C=C/S(=O)(O)=S. The van der Waals surface area contributed by atoms with Gasteiger partial charge in [-0.15, -0.1) is 0 Å². The van der Waals surface area contributed by atoms with Gasteiger partial charge in [-0.1, -0.05) is 12.7 Å². The minimum atomic E-state index is -3.22. The Balaban J connectivity index is 4.14. The van der Waals surface area contributed by atoms with E-state index in [1.807, 2.05) is 13.8 Å². The van der Waals surface area contributed by atoms with Crippen molar-refractivity contribution in [1.29, 1.82) is 0 Å². The Kier molecular flexibility index (Phi) is 5.85. The predicted octanol–water partition coefficient (Wildman–Crippen LogP) is 1.58. The van der Waals surface area contributed by atoms with Gasteiger partial charge in [-0.05, 0) is 32.8 Å². The lowest BCUT2D eigenvalue weighted by Crippen LogP contribution is -2.42. The van der Waals surface area contributed by atoms with Gasteiger partial charge in [0, 0.05) is 22.1 Å². The van der Waals surface area contributed by atoms with Crippen molar-refractivity contribution in [2.45, 2.75) is 32.2 Å². The summed E-state index contributed by atoms with van der Waals surface area (Å²) in [7, 11) is -3.22. The molecule has 0 aromatic carbocycles. The zero-order chi connectivity index (χ0) is 12.8. The molecular weight excluding hydrogens is 246 g/mol. The van der Waals surface area contributed by atoms with Crippen LogP contribution in [-0.2, 0) is 24.8 Å². The fourth-order valence-corrected chi connectivity index (χ4v) is 1.70. The van der Waals surface area contributed by atoms with Crippen molar-refractivity contribution in [1.82, 2.24) is 5.32 Å². The minimum Gasteiger partial charge on any atom is -0.348 e. The average Bonchev–Trinajstić information content (AvgIpc) is 2.10. The molecule has 2 N–H and O–H groups in total. The van der Waals surface area contributed by atoms with E-state index in [1.165, 1.54) is 6.08 Å². The molecule has 0 fully saturated rings. The molecule has 0 aromatic heterocycles. The van der Waals surface area contributed by atoms with Gasteiger partial charge in [0.1, 0.15) is 0 Å². The van der Waals surface area contributed by atoms with E-state index in [0.717, 1.165) is 5.41 Å². The molecule has 0 rings (SSSR count). The number of hydrogen-bond acceptors (Lipinski definition) is 3. The second-order valence-corrected chi connectivity index (χ2v) is 6.74. The molecule has 1 unspecified atom stereocenters. The first-order valence-corrected chi connectivity index (χ1v) is 7.25. The van der Waals surface area contributed by atoms with Crippen LogP contribution in [0.1, 0.15) is 26.7 Å². The summed E-state index contributed by atoms with van der Waals surface area (Å²) in [6.07, 6.45) is 3.98. The van der Waals surface area contributed by atoms with Gasteiger partial charge < -0.3 is 9.87 Å². The van der Waals surface area contributed by atoms with Crippen LogP contribution in [0.4, 0.5) is 0 Å². The summed E-state index contributed by atoms with van der Waals surface area (Å²) in [6, 6.07) is 0. The monoisotopic (exact) mass is 263 g/mol. The molecule has 0 aliphatic rings. The van der Waals surface area contributed by atoms with Gasteiger partial charge in [0.05, 0.1) is 0 Å². The van der Waals surface area contributed by atoms with Crippen LogP contribution >= 0.6 is 0 Å². The summed E-state index contributed by atoms with van der Waals surface area (Å²) in [6.45, 7) is 7.10. The van der Waals surface area contributed by atoms with Gasteiger partial charge in [-0.2, -0.15) is 0 Å². The lowest BCUT2D eigenvalue weighted by molar-refractivity contribution is -0.118. The molecule has 0 aromatic rings. The summed E-state index contributed by atoms with van der Waals surface area (Å²) in [5, 5.41) is 3.86. The van der Waals surface area contributed by atoms with Crippen molar-refractivity contribution < 1.29 is 13.6 Å². The molecule has 0 spiro atoms. The highest BCUT2D eigenvalue weighted by atomic mass is 32.8. The molecule has 6 heteroatoms. The largest absolute Gasteiger partial charge is 0.348 e. The summed E-state index contributed by atoms with van der Waals surface area (Å²) < 4.78 is 19.5. The second kappa shape index (κ2) is 6.12. The van der Waals surface area contributed by atoms with E-state index in [1.54, 1.807) is 6.08 Å². The lowest BCUT2D eigenvalue weighted by atomic mass is 9.98. The number of rotatable bonds is 6. The maximum absolute atomic E-state index is 11.1. The highest BCUT2D eigenvalue weighted by molar-refractivity contribution is 8.31. The van der Waals surface area contributed by atoms with E-state index < -0.39 is 8.77 Å². The van der Waals surface area contributed by atoms with E-state index in [0.29, 0.717) is 12.8 Å². The van der Waals surface area contributed by atoms with Gasteiger partial charge >= 0.3 is 0 Å². The number of amides is 1.